The van der Waals surface area contributed by atoms with Gasteiger partial charge in [-0.1, -0.05) is 42.1 Å². The van der Waals surface area contributed by atoms with Gasteiger partial charge in [-0.2, -0.15) is 0 Å². The molecule has 1 aliphatic rings. The highest BCUT2D eigenvalue weighted by Gasteiger charge is 2.20. The number of rotatable bonds is 7. The fourth-order valence-corrected chi connectivity index (χ4v) is 4.20. The van der Waals surface area contributed by atoms with Gasteiger partial charge in [-0.25, -0.2) is 0 Å². The third kappa shape index (κ3) is 4.15. The third-order valence-corrected chi connectivity index (χ3v) is 5.88. The molecule has 2 aromatic carbocycles. The Labute approximate surface area is 187 Å². The molecule has 1 N–H and O–H groups in total. The lowest BCUT2D eigenvalue weighted by molar-refractivity contribution is -0.118. The number of carbonyl (C=O) groups is 2. The molecule has 9 heteroatoms. The number of amides is 1. The Bertz CT molecular complexity index is 1270. The molecular weight excluding hydrogens is 428 g/mol. The van der Waals surface area contributed by atoms with Crippen LogP contribution in [0.3, 0.4) is 0 Å². The van der Waals surface area contributed by atoms with Crippen molar-refractivity contribution in [2.75, 3.05) is 17.7 Å². The van der Waals surface area contributed by atoms with Crippen molar-refractivity contribution in [3.05, 3.63) is 78.3 Å². The van der Waals surface area contributed by atoms with Gasteiger partial charge in [-0.05, 0) is 30.3 Å². The van der Waals surface area contributed by atoms with Crippen molar-refractivity contribution in [3.8, 4) is 17.1 Å². The van der Waals surface area contributed by atoms with Crippen LogP contribution >= 0.6 is 11.8 Å². The predicted octanol–water partition coefficient (Wildman–Crippen LogP) is 3.89. The molecule has 0 unspecified atom stereocenters. The number of Topliss-reactive ketones (excluding diaryl/α,β-unsaturated/α-hetero) is 1. The number of ketones is 1. The van der Waals surface area contributed by atoms with Gasteiger partial charge in [0.15, 0.2) is 23.4 Å². The van der Waals surface area contributed by atoms with Gasteiger partial charge in [0.25, 0.3) is 5.91 Å². The molecule has 5 rings (SSSR count). The van der Waals surface area contributed by atoms with Crippen LogP contribution in [-0.4, -0.2) is 38.8 Å². The Balaban J connectivity index is 1.37. The Morgan fingerprint density at radius 2 is 1.97 bits per heavy atom. The number of nitrogens with one attached hydrogen (secondary N) is 1. The van der Waals surface area contributed by atoms with E-state index in [0.717, 1.165) is 11.3 Å². The van der Waals surface area contributed by atoms with Crippen molar-refractivity contribution in [1.29, 1.82) is 0 Å². The number of ether oxygens (including phenoxy) is 1. The number of aromatic nitrogens is 3. The van der Waals surface area contributed by atoms with Crippen molar-refractivity contribution < 1.29 is 18.7 Å². The third-order valence-electron chi connectivity index (χ3n) is 4.91. The largest absolute Gasteiger partial charge is 0.482 e. The lowest BCUT2D eigenvalue weighted by Crippen LogP contribution is -2.25. The van der Waals surface area contributed by atoms with Gasteiger partial charge in [-0.15, -0.1) is 10.2 Å². The Morgan fingerprint density at radius 3 is 2.78 bits per heavy atom. The quantitative estimate of drug-likeness (QED) is 0.340. The van der Waals surface area contributed by atoms with Crippen LogP contribution in [0.15, 0.2) is 76.5 Å². The number of thioether (sulfide) groups is 1. The minimum atomic E-state index is -0.240. The molecule has 3 heterocycles. The van der Waals surface area contributed by atoms with Gasteiger partial charge >= 0.3 is 0 Å². The van der Waals surface area contributed by atoms with Crippen molar-refractivity contribution >= 4 is 29.1 Å². The molecule has 0 bridgehead atoms. The van der Waals surface area contributed by atoms with Crippen LogP contribution in [0.2, 0.25) is 0 Å². The molecule has 32 heavy (non-hydrogen) atoms. The number of nitrogens with zero attached hydrogens (tertiary/aromatic N) is 3. The van der Waals surface area contributed by atoms with Gasteiger partial charge in [0.1, 0.15) is 11.5 Å². The zero-order valence-corrected chi connectivity index (χ0v) is 17.7. The maximum absolute atomic E-state index is 12.8. The number of carbonyl (C=O) groups excluding carboxylic acids is 2. The number of hydrogen-bond acceptors (Lipinski definition) is 7. The van der Waals surface area contributed by atoms with Crippen LogP contribution in [-0.2, 0) is 11.3 Å². The van der Waals surface area contributed by atoms with E-state index >= 15 is 0 Å². The fraction of sp³-hybridized carbons (Fsp3) is 0.130. The molecule has 8 nitrogen and oxygen atoms in total. The zero-order valence-electron chi connectivity index (χ0n) is 16.9. The van der Waals surface area contributed by atoms with E-state index in [-0.39, 0.29) is 24.1 Å². The van der Waals surface area contributed by atoms with Gasteiger partial charge in [0, 0.05) is 11.1 Å². The maximum atomic E-state index is 12.8. The van der Waals surface area contributed by atoms with Gasteiger partial charge in [-0.3, -0.25) is 14.2 Å². The van der Waals surface area contributed by atoms with E-state index in [9.17, 15) is 9.59 Å². The first-order chi connectivity index (χ1) is 15.7. The topological polar surface area (TPSA) is 99.3 Å². The first-order valence-electron chi connectivity index (χ1n) is 9.91. The summed E-state index contributed by atoms with van der Waals surface area (Å²) in [5.41, 5.74) is 1.92. The SMILES string of the molecule is O=C1COc2ccc(C(=O)CSc3nnc(-c4ccccc4)n3Cc3ccco3)cc2N1. The summed E-state index contributed by atoms with van der Waals surface area (Å²) in [5, 5.41) is 12.0. The molecule has 2 aromatic heterocycles. The minimum absolute atomic E-state index is 0.0226. The lowest BCUT2D eigenvalue weighted by Gasteiger charge is -2.18. The van der Waals surface area contributed by atoms with Gasteiger partial charge in [0.2, 0.25) is 0 Å². The second kappa shape index (κ2) is 8.72. The molecule has 4 aromatic rings. The first-order valence-corrected chi connectivity index (χ1v) is 10.9. The maximum Gasteiger partial charge on any atom is 0.262 e. The molecular formula is C23H18N4O4S. The van der Waals surface area contributed by atoms with Crippen molar-refractivity contribution in [2.45, 2.75) is 11.7 Å². The standard InChI is InChI=1S/C23H18N4O4S/c28-19(16-8-9-20-18(11-16)24-21(29)13-31-20)14-32-23-26-25-22(15-5-2-1-3-6-15)27(23)12-17-7-4-10-30-17/h1-11H,12-14H2,(H,24,29). The summed E-state index contributed by atoms with van der Waals surface area (Å²) < 4.78 is 12.8. The summed E-state index contributed by atoms with van der Waals surface area (Å²) in [6.07, 6.45) is 1.62. The highest BCUT2D eigenvalue weighted by molar-refractivity contribution is 7.99. The molecule has 0 saturated carbocycles. The van der Waals surface area contributed by atoms with E-state index in [1.807, 2.05) is 47.0 Å². The summed E-state index contributed by atoms with van der Waals surface area (Å²) in [7, 11) is 0. The van der Waals surface area contributed by atoms with Crippen LogP contribution in [0.5, 0.6) is 5.75 Å². The fourth-order valence-electron chi connectivity index (χ4n) is 3.37. The number of benzene rings is 2. The second-order valence-corrected chi connectivity index (χ2v) is 8.04. The average molecular weight is 446 g/mol. The van der Waals surface area contributed by atoms with Crippen molar-refractivity contribution in [1.82, 2.24) is 14.8 Å². The summed E-state index contributed by atoms with van der Waals surface area (Å²) in [6.45, 7) is 0.425. The Hall–Kier alpha value is -3.85. The first kappa shape index (κ1) is 20.1. The van der Waals surface area contributed by atoms with E-state index in [1.54, 1.807) is 24.5 Å². The molecule has 0 fully saturated rings. The Kier molecular flexibility index (Phi) is 5.47. The molecule has 160 valence electrons. The van der Waals surface area contributed by atoms with Gasteiger partial charge < -0.3 is 14.5 Å². The molecule has 0 aliphatic carbocycles. The van der Waals surface area contributed by atoms with E-state index in [0.29, 0.717) is 34.5 Å². The van der Waals surface area contributed by atoms with E-state index < -0.39 is 0 Å². The highest BCUT2D eigenvalue weighted by atomic mass is 32.2. The Morgan fingerprint density at radius 1 is 1.09 bits per heavy atom. The summed E-state index contributed by atoms with van der Waals surface area (Å²) in [4.78, 5) is 24.4. The number of hydrogen-bond donors (Lipinski definition) is 1. The van der Waals surface area contributed by atoms with E-state index in [2.05, 4.69) is 15.5 Å². The van der Waals surface area contributed by atoms with E-state index in [1.165, 1.54) is 11.8 Å². The van der Waals surface area contributed by atoms with Crippen molar-refractivity contribution in [3.63, 3.8) is 0 Å². The summed E-state index contributed by atoms with van der Waals surface area (Å²) >= 11 is 1.30. The van der Waals surface area contributed by atoms with Crippen molar-refractivity contribution in [2.24, 2.45) is 0 Å². The zero-order chi connectivity index (χ0) is 21.9. The van der Waals surface area contributed by atoms with Crippen LogP contribution in [0.25, 0.3) is 11.4 Å². The molecule has 0 atom stereocenters. The monoisotopic (exact) mass is 446 g/mol. The molecule has 0 saturated heterocycles. The summed E-state index contributed by atoms with van der Waals surface area (Å²) in [6, 6.07) is 18.5. The normalized spacial score (nSPS) is 12.7. The van der Waals surface area contributed by atoms with Crippen LogP contribution in [0.4, 0.5) is 5.69 Å². The highest BCUT2D eigenvalue weighted by Crippen LogP contribution is 2.30. The number of anilines is 1. The summed E-state index contributed by atoms with van der Waals surface area (Å²) in [5.74, 6) is 1.85. The van der Waals surface area contributed by atoms with E-state index in [4.69, 9.17) is 9.15 Å². The van der Waals surface area contributed by atoms with Crippen LogP contribution in [0, 0.1) is 0 Å². The number of furan rings is 1. The van der Waals surface area contributed by atoms with Crippen LogP contribution < -0.4 is 10.1 Å². The predicted molar refractivity (Wildman–Crippen MR) is 119 cm³/mol. The minimum Gasteiger partial charge on any atom is -0.482 e. The second-order valence-electron chi connectivity index (χ2n) is 7.10. The molecule has 0 radical (unpaired) electrons. The van der Waals surface area contributed by atoms with Gasteiger partial charge in [0.05, 0.1) is 24.2 Å². The van der Waals surface area contributed by atoms with Crippen LogP contribution in [0.1, 0.15) is 16.1 Å². The molecule has 0 spiro atoms. The smallest absolute Gasteiger partial charge is 0.262 e. The molecule has 1 amide bonds. The lowest BCUT2D eigenvalue weighted by atomic mass is 10.1. The number of fused-ring (bicyclic) bond motifs is 1. The molecule has 1 aliphatic heterocycles. The average Bonchev–Trinajstić information content (AvgIpc) is 3.48.